The van der Waals surface area contributed by atoms with Crippen molar-refractivity contribution >= 4 is 8.56 Å². The van der Waals surface area contributed by atoms with Gasteiger partial charge >= 0.3 is 8.56 Å². The summed E-state index contributed by atoms with van der Waals surface area (Å²) in [5.74, 6) is 0. The first kappa shape index (κ1) is 14.6. The maximum absolute atomic E-state index is 6.18. The van der Waals surface area contributed by atoms with Gasteiger partial charge in [-0.3, -0.25) is 0 Å². The molecule has 116 valence electrons. The quantitative estimate of drug-likeness (QED) is 0.768. The summed E-state index contributed by atoms with van der Waals surface area (Å²) in [6, 6.07) is 17.3. The smallest absolute Gasteiger partial charge is 0.360 e. The molecule has 2 aliphatic carbocycles. The van der Waals surface area contributed by atoms with Crippen LogP contribution in [0.25, 0.3) is 11.1 Å². The zero-order valence-electron chi connectivity index (χ0n) is 13.4. The van der Waals surface area contributed by atoms with E-state index in [0.29, 0.717) is 0 Å². The van der Waals surface area contributed by atoms with Crippen LogP contribution < -0.4 is 0 Å². The molecule has 0 radical (unpaired) electrons. The van der Waals surface area contributed by atoms with Crippen LogP contribution in [0.4, 0.5) is 0 Å². The fourth-order valence-electron chi connectivity index (χ4n) is 4.07. The van der Waals surface area contributed by atoms with Crippen molar-refractivity contribution in [1.29, 1.82) is 0 Å². The van der Waals surface area contributed by atoms with Crippen molar-refractivity contribution < 1.29 is 8.85 Å². The van der Waals surface area contributed by atoms with Crippen LogP contribution in [0.3, 0.4) is 0 Å². The molecule has 3 heteroatoms. The zero-order valence-corrected chi connectivity index (χ0v) is 14.4. The van der Waals surface area contributed by atoms with Crippen molar-refractivity contribution in [2.45, 2.75) is 11.1 Å². The molecule has 4 rings (SSSR count). The molecule has 0 saturated heterocycles. The Labute approximate surface area is 138 Å². The summed E-state index contributed by atoms with van der Waals surface area (Å²) in [5, 5.41) is 0. The summed E-state index contributed by atoms with van der Waals surface area (Å²) in [4.78, 5) is 0. The molecule has 2 nitrogen and oxygen atoms in total. The Bertz CT molecular complexity index is 732. The van der Waals surface area contributed by atoms with Gasteiger partial charge in [-0.2, -0.15) is 0 Å². The van der Waals surface area contributed by atoms with Crippen LogP contribution in [-0.2, 0) is 8.85 Å². The van der Waals surface area contributed by atoms with Gasteiger partial charge in [0, 0.05) is 19.8 Å². The molecule has 0 aliphatic heterocycles. The molecular weight excluding hydrogens is 300 g/mol. The van der Waals surface area contributed by atoms with E-state index in [-0.39, 0.29) is 11.1 Å². The van der Waals surface area contributed by atoms with E-state index in [0.717, 1.165) is 0 Å². The molecule has 0 spiro atoms. The van der Waals surface area contributed by atoms with Crippen LogP contribution in [0.2, 0.25) is 5.54 Å². The first-order valence-corrected chi connectivity index (χ1v) is 9.92. The lowest BCUT2D eigenvalue weighted by Crippen LogP contribution is -2.50. The van der Waals surface area contributed by atoms with Gasteiger partial charge in [0.1, 0.15) is 0 Å². The molecule has 0 heterocycles. The molecule has 0 aromatic heterocycles. The highest BCUT2D eigenvalue weighted by Crippen LogP contribution is 2.52. The first-order chi connectivity index (χ1) is 11.3. The molecule has 2 aromatic carbocycles. The summed E-state index contributed by atoms with van der Waals surface area (Å²) >= 11 is 0. The number of fused-ring (bicyclic) bond motifs is 3. The van der Waals surface area contributed by atoms with E-state index < -0.39 is 8.56 Å². The highest BCUT2D eigenvalue weighted by atomic mass is 28.4. The van der Waals surface area contributed by atoms with Gasteiger partial charge in [-0.1, -0.05) is 72.8 Å². The number of hydrogen-bond acceptors (Lipinski definition) is 2. The normalized spacial score (nSPS) is 16.8. The SMILES string of the molecule is CO[Si](OC)(C1C=CC=C1)C1c2ccccc2-c2ccccc21. The van der Waals surface area contributed by atoms with Crippen molar-refractivity contribution in [1.82, 2.24) is 0 Å². The largest absolute Gasteiger partial charge is 0.397 e. The van der Waals surface area contributed by atoms with Crippen molar-refractivity contribution in [3.63, 3.8) is 0 Å². The van der Waals surface area contributed by atoms with E-state index in [1.807, 2.05) is 0 Å². The van der Waals surface area contributed by atoms with Crippen molar-refractivity contribution in [2.24, 2.45) is 0 Å². The Kier molecular flexibility index (Phi) is 3.57. The van der Waals surface area contributed by atoms with Crippen molar-refractivity contribution in [2.75, 3.05) is 14.2 Å². The average Bonchev–Trinajstić information content (AvgIpc) is 3.25. The molecule has 23 heavy (non-hydrogen) atoms. The Balaban J connectivity index is 1.96. The van der Waals surface area contributed by atoms with Gasteiger partial charge in [0.2, 0.25) is 0 Å². The Hall–Kier alpha value is -1.94. The van der Waals surface area contributed by atoms with Crippen molar-refractivity contribution in [3.8, 4) is 11.1 Å². The lowest BCUT2D eigenvalue weighted by molar-refractivity contribution is 0.232. The van der Waals surface area contributed by atoms with Gasteiger partial charge in [0.05, 0.1) is 5.54 Å². The van der Waals surface area contributed by atoms with Gasteiger partial charge in [-0.15, -0.1) is 0 Å². The van der Waals surface area contributed by atoms with Crippen LogP contribution >= 0.6 is 0 Å². The third-order valence-corrected chi connectivity index (χ3v) is 9.10. The Morgan fingerprint density at radius 3 is 1.70 bits per heavy atom. The van der Waals surface area contributed by atoms with E-state index in [2.05, 4.69) is 72.8 Å². The highest BCUT2D eigenvalue weighted by Gasteiger charge is 2.54. The standard InChI is InChI=1S/C20H20O2Si/c1-21-23(22-2,15-9-3-4-10-15)20-18-13-7-5-11-16(18)17-12-6-8-14-19(17)20/h3-15,20H,1-2H3. The van der Waals surface area contributed by atoms with E-state index in [4.69, 9.17) is 8.85 Å². The van der Waals surface area contributed by atoms with Crippen LogP contribution in [0.1, 0.15) is 16.7 Å². The minimum absolute atomic E-state index is 0.183. The van der Waals surface area contributed by atoms with Crippen LogP contribution in [-0.4, -0.2) is 22.8 Å². The van der Waals surface area contributed by atoms with E-state index >= 15 is 0 Å². The van der Waals surface area contributed by atoms with E-state index in [1.165, 1.54) is 22.3 Å². The van der Waals surface area contributed by atoms with Crippen LogP contribution in [0.5, 0.6) is 0 Å². The van der Waals surface area contributed by atoms with Gasteiger partial charge < -0.3 is 8.85 Å². The number of benzene rings is 2. The number of hydrogen-bond donors (Lipinski definition) is 0. The van der Waals surface area contributed by atoms with Gasteiger partial charge in [0.25, 0.3) is 0 Å². The molecule has 0 atom stereocenters. The second-order valence-corrected chi connectivity index (χ2v) is 9.54. The average molecular weight is 320 g/mol. The second-order valence-electron chi connectivity index (χ2n) is 6.03. The topological polar surface area (TPSA) is 18.5 Å². The fourth-order valence-corrected chi connectivity index (χ4v) is 7.77. The highest BCUT2D eigenvalue weighted by molar-refractivity contribution is 6.72. The van der Waals surface area contributed by atoms with E-state index in [1.54, 1.807) is 14.2 Å². The van der Waals surface area contributed by atoms with Gasteiger partial charge in [-0.05, 0) is 22.3 Å². The predicted molar refractivity (Wildman–Crippen MR) is 95.5 cm³/mol. The predicted octanol–water partition coefficient (Wildman–Crippen LogP) is 4.57. The molecule has 0 unspecified atom stereocenters. The summed E-state index contributed by atoms with van der Waals surface area (Å²) in [6.07, 6.45) is 8.61. The molecule has 2 aromatic rings. The van der Waals surface area contributed by atoms with Gasteiger partial charge in [0.15, 0.2) is 0 Å². The monoisotopic (exact) mass is 320 g/mol. The Morgan fingerprint density at radius 1 is 0.739 bits per heavy atom. The second kappa shape index (κ2) is 5.60. The molecule has 2 aliphatic rings. The van der Waals surface area contributed by atoms with Crippen LogP contribution in [0.15, 0.2) is 72.8 Å². The number of rotatable bonds is 4. The van der Waals surface area contributed by atoms with Crippen molar-refractivity contribution in [3.05, 3.63) is 84.0 Å². The van der Waals surface area contributed by atoms with E-state index in [9.17, 15) is 0 Å². The summed E-state index contributed by atoms with van der Waals surface area (Å²) < 4.78 is 12.4. The summed E-state index contributed by atoms with van der Waals surface area (Å²) in [6.45, 7) is 0. The molecule has 0 saturated carbocycles. The lowest BCUT2D eigenvalue weighted by Gasteiger charge is -2.37. The third-order valence-electron chi connectivity index (χ3n) is 5.09. The Morgan fingerprint density at radius 2 is 1.22 bits per heavy atom. The molecule has 0 amide bonds. The fraction of sp³-hybridized carbons (Fsp3) is 0.200. The lowest BCUT2D eigenvalue weighted by atomic mass is 10.1. The maximum Gasteiger partial charge on any atom is 0.360 e. The first-order valence-electron chi connectivity index (χ1n) is 7.95. The molecule has 0 N–H and O–H groups in total. The van der Waals surface area contributed by atoms with Gasteiger partial charge in [-0.25, -0.2) is 0 Å². The van der Waals surface area contributed by atoms with Crippen LogP contribution in [0, 0.1) is 0 Å². The zero-order chi connectivity index (χ0) is 15.9. The third kappa shape index (κ3) is 2.01. The molecule has 0 fully saturated rings. The minimum Gasteiger partial charge on any atom is -0.397 e. The minimum atomic E-state index is -2.55. The maximum atomic E-state index is 6.18. The summed E-state index contributed by atoms with van der Waals surface area (Å²) in [5.41, 5.74) is 5.69. The number of allylic oxidation sites excluding steroid dienone is 4. The molecule has 0 bridgehead atoms. The molecular formula is C20H20O2Si. The summed E-state index contributed by atoms with van der Waals surface area (Å²) in [7, 11) is 1.06.